The number of non-ortho nitro benzene ring substituents is 1. The Hall–Kier alpha value is -4.77. The van der Waals surface area contributed by atoms with E-state index in [1.807, 2.05) is 43.3 Å². The van der Waals surface area contributed by atoms with Crippen LogP contribution in [-0.2, 0) is 4.74 Å². The molecule has 0 N–H and O–H groups in total. The first-order chi connectivity index (χ1) is 19.6. The van der Waals surface area contributed by atoms with Crippen molar-refractivity contribution in [2.24, 2.45) is 0 Å². The van der Waals surface area contributed by atoms with E-state index in [0.29, 0.717) is 49.7 Å². The number of benzene rings is 2. The van der Waals surface area contributed by atoms with E-state index in [-0.39, 0.29) is 23.8 Å². The Balaban J connectivity index is 1.56. The minimum Gasteiger partial charge on any atom is -0.462 e. The molecule has 10 nitrogen and oxygen atoms in total. The van der Waals surface area contributed by atoms with Crippen molar-refractivity contribution in [3.8, 4) is 22.6 Å². The topological polar surface area (TPSA) is 120 Å². The Bertz CT molecular complexity index is 1740. The molecule has 4 aromatic rings. The summed E-state index contributed by atoms with van der Waals surface area (Å²) in [6.07, 6.45) is 1.63. The predicted molar refractivity (Wildman–Crippen MR) is 155 cm³/mol. The molecule has 1 aliphatic heterocycles. The highest BCUT2D eigenvalue weighted by Crippen LogP contribution is 2.37. The molecule has 0 saturated carbocycles. The first-order valence-electron chi connectivity index (χ1n) is 12.8. The zero-order valence-corrected chi connectivity index (χ0v) is 23.9. The average molecular weight is 572 g/mol. The van der Waals surface area contributed by atoms with Crippen molar-refractivity contribution in [1.29, 1.82) is 0 Å². The summed E-state index contributed by atoms with van der Waals surface area (Å²) >= 11 is 1.19. The smallest absolute Gasteiger partial charge is 0.372 e. The highest BCUT2D eigenvalue weighted by atomic mass is 32.2. The van der Waals surface area contributed by atoms with Crippen LogP contribution < -0.4 is 9.47 Å². The lowest BCUT2D eigenvalue weighted by molar-refractivity contribution is -0.601. The van der Waals surface area contributed by atoms with Gasteiger partial charge in [0, 0.05) is 67.8 Å². The monoisotopic (exact) mass is 571 g/mol. The molecule has 0 atom stereocenters. The van der Waals surface area contributed by atoms with Crippen molar-refractivity contribution in [3.63, 3.8) is 0 Å². The van der Waals surface area contributed by atoms with Crippen LogP contribution in [-0.4, -0.2) is 42.5 Å². The maximum atomic E-state index is 13.8. The average Bonchev–Trinajstić information content (AvgIpc) is 3.52. The number of fused-ring (bicyclic) bond motifs is 1. The second-order valence-electron chi connectivity index (χ2n) is 9.57. The number of furan rings is 1. The molecule has 0 bridgehead atoms. The lowest BCUT2D eigenvalue weighted by Gasteiger charge is -2.14. The van der Waals surface area contributed by atoms with Gasteiger partial charge in [0.1, 0.15) is 16.4 Å². The molecule has 208 valence electrons. The van der Waals surface area contributed by atoms with Crippen LogP contribution >= 0.6 is 11.8 Å². The highest BCUT2D eigenvalue weighted by molar-refractivity contribution is 8.04. The van der Waals surface area contributed by atoms with Crippen molar-refractivity contribution in [2.75, 3.05) is 25.6 Å². The molecule has 0 amide bonds. The van der Waals surface area contributed by atoms with Crippen LogP contribution in [0.3, 0.4) is 0 Å². The SMILES string of the molecule is CCOC(=O)c1c(C)nc2[n+](c1-c1ccc(N(C)C)cc1)C(=O)C(=Cc1ccc(-c3ccc([N+](=O)[O-])cc3C)o1)S2. The van der Waals surface area contributed by atoms with Gasteiger partial charge in [-0.2, -0.15) is 0 Å². The summed E-state index contributed by atoms with van der Waals surface area (Å²) in [7, 11) is 3.87. The van der Waals surface area contributed by atoms with Gasteiger partial charge in [-0.25, -0.2) is 9.59 Å². The molecular formula is C30H27N4O6S+. The maximum absolute atomic E-state index is 13.8. The van der Waals surface area contributed by atoms with E-state index in [9.17, 15) is 19.7 Å². The van der Waals surface area contributed by atoms with E-state index in [2.05, 4.69) is 4.98 Å². The van der Waals surface area contributed by atoms with Crippen molar-refractivity contribution in [1.82, 2.24) is 4.98 Å². The molecule has 0 saturated heterocycles. The number of nitro groups is 1. The van der Waals surface area contributed by atoms with Gasteiger partial charge in [-0.1, -0.05) is 0 Å². The minimum atomic E-state index is -0.552. The molecule has 0 spiro atoms. The third-order valence-electron chi connectivity index (χ3n) is 6.62. The molecule has 3 heterocycles. The lowest BCUT2D eigenvalue weighted by Crippen LogP contribution is -2.45. The number of carbonyl (C=O) groups is 2. The minimum absolute atomic E-state index is 0.0000268. The number of hydrogen-bond donors (Lipinski definition) is 0. The number of nitro benzene ring substituents is 1. The van der Waals surface area contributed by atoms with Gasteiger partial charge in [0.25, 0.3) is 5.69 Å². The lowest BCUT2D eigenvalue weighted by atomic mass is 10.0. The first kappa shape index (κ1) is 27.8. The van der Waals surface area contributed by atoms with E-state index in [1.54, 1.807) is 45.0 Å². The third kappa shape index (κ3) is 5.23. The van der Waals surface area contributed by atoms with Gasteiger partial charge in [-0.15, -0.1) is 4.57 Å². The zero-order valence-electron chi connectivity index (χ0n) is 23.1. The summed E-state index contributed by atoms with van der Waals surface area (Å²) in [4.78, 5) is 44.5. The van der Waals surface area contributed by atoms with E-state index in [4.69, 9.17) is 9.15 Å². The number of nitrogens with zero attached hydrogens (tertiary/aromatic N) is 4. The van der Waals surface area contributed by atoms with E-state index in [0.717, 1.165) is 5.69 Å². The van der Waals surface area contributed by atoms with Gasteiger partial charge < -0.3 is 14.1 Å². The number of aromatic nitrogens is 2. The Morgan fingerprint density at radius 1 is 1.15 bits per heavy atom. The summed E-state index contributed by atoms with van der Waals surface area (Å²) in [6, 6.07) is 15.6. The van der Waals surface area contributed by atoms with Gasteiger partial charge in [0.05, 0.1) is 11.5 Å². The number of hydrogen-bond acceptors (Lipinski definition) is 9. The van der Waals surface area contributed by atoms with Crippen molar-refractivity contribution >= 4 is 41.1 Å². The van der Waals surface area contributed by atoms with Crippen LogP contribution in [0.5, 0.6) is 0 Å². The molecular weight excluding hydrogens is 544 g/mol. The molecule has 41 heavy (non-hydrogen) atoms. The van der Waals surface area contributed by atoms with E-state index >= 15 is 0 Å². The van der Waals surface area contributed by atoms with Crippen LogP contribution in [0.1, 0.15) is 39.1 Å². The molecule has 2 aromatic heterocycles. The molecule has 0 aliphatic carbocycles. The van der Waals surface area contributed by atoms with Crippen LogP contribution in [0, 0.1) is 24.0 Å². The van der Waals surface area contributed by atoms with Crippen LogP contribution in [0.4, 0.5) is 11.4 Å². The third-order valence-corrected chi connectivity index (χ3v) is 7.58. The number of aryl methyl sites for hydroxylation is 2. The predicted octanol–water partition coefficient (Wildman–Crippen LogP) is 5.85. The molecule has 0 radical (unpaired) electrons. The van der Waals surface area contributed by atoms with Gasteiger partial charge in [-0.3, -0.25) is 10.1 Å². The first-order valence-corrected chi connectivity index (χ1v) is 13.6. The molecule has 2 aromatic carbocycles. The second-order valence-corrected chi connectivity index (χ2v) is 10.6. The number of allylic oxidation sites excluding steroid dienone is 1. The number of thioether (sulfide) groups is 1. The normalized spacial score (nSPS) is 13.4. The van der Waals surface area contributed by atoms with Gasteiger partial charge in [0.2, 0.25) is 0 Å². The number of carbonyl (C=O) groups excluding carboxylic acids is 2. The van der Waals surface area contributed by atoms with Crippen molar-refractivity contribution < 1.29 is 28.2 Å². The number of anilines is 1. The number of rotatable bonds is 7. The second kappa shape index (κ2) is 11.0. The summed E-state index contributed by atoms with van der Waals surface area (Å²) in [6.45, 7) is 5.41. The standard InChI is InChI=1S/C30H27N4O6S/c1-6-39-29(36)26-18(3)31-30-33(27(26)19-7-9-20(10-8-19)32(4)5)28(35)25(41-30)16-22-12-14-24(40-22)23-13-11-21(34(37)38)15-17(23)2/h7-16H,6H2,1-5H3/q+1. The van der Waals surface area contributed by atoms with Crippen LogP contribution in [0.2, 0.25) is 0 Å². The van der Waals surface area contributed by atoms with Gasteiger partial charge >= 0.3 is 17.0 Å². The van der Waals surface area contributed by atoms with Crippen molar-refractivity contribution in [3.05, 3.63) is 92.2 Å². The quantitative estimate of drug-likeness (QED) is 0.0672. The summed E-state index contributed by atoms with van der Waals surface area (Å²) < 4.78 is 12.8. The fourth-order valence-corrected chi connectivity index (χ4v) is 5.61. The summed E-state index contributed by atoms with van der Waals surface area (Å²) in [5.74, 6) is 0.0504. The molecule has 0 unspecified atom stereocenters. The number of ether oxygens (including phenoxy) is 1. The maximum Gasteiger partial charge on any atom is 0.372 e. The fourth-order valence-electron chi connectivity index (χ4n) is 4.61. The van der Waals surface area contributed by atoms with E-state index in [1.165, 1.54) is 28.5 Å². The fraction of sp³-hybridized carbons (Fsp3) is 0.200. The Morgan fingerprint density at radius 3 is 2.51 bits per heavy atom. The highest BCUT2D eigenvalue weighted by Gasteiger charge is 2.42. The largest absolute Gasteiger partial charge is 0.462 e. The van der Waals surface area contributed by atoms with E-state index < -0.39 is 10.9 Å². The molecule has 0 fully saturated rings. The van der Waals surface area contributed by atoms with Gasteiger partial charge in [0.15, 0.2) is 17.0 Å². The Labute approximate surface area is 240 Å². The van der Waals surface area contributed by atoms with Crippen LogP contribution in [0.15, 0.2) is 69.1 Å². The molecule has 11 heteroatoms. The van der Waals surface area contributed by atoms with Crippen LogP contribution in [0.25, 0.3) is 28.7 Å². The molecule has 1 aliphatic rings. The molecule has 5 rings (SSSR count). The zero-order chi connectivity index (χ0) is 29.4. The van der Waals surface area contributed by atoms with Gasteiger partial charge in [-0.05, 0) is 66.9 Å². The summed E-state index contributed by atoms with van der Waals surface area (Å²) in [5.41, 5.74) is 4.15. The Morgan fingerprint density at radius 2 is 1.88 bits per heavy atom. The summed E-state index contributed by atoms with van der Waals surface area (Å²) in [5, 5.41) is 11.5. The van der Waals surface area contributed by atoms with Crippen molar-refractivity contribution in [2.45, 2.75) is 25.9 Å². The Kier molecular flexibility index (Phi) is 7.46. The number of esters is 1.